The number of aryl methyl sites for hydroxylation is 1. The first-order chi connectivity index (χ1) is 7.83. The first-order valence-corrected chi connectivity index (χ1v) is 6.15. The van der Waals surface area contributed by atoms with Crippen molar-refractivity contribution in [2.75, 3.05) is 13.2 Å². The molecule has 1 saturated heterocycles. The molecule has 2 atom stereocenters. The predicted octanol–water partition coefficient (Wildman–Crippen LogP) is 1.64. The zero-order valence-electron chi connectivity index (χ0n) is 10.1. The fourth-order valence-electron chi connectivity index (χ4n) is 2.28. The Morgan fingerprint density at radius 3 is 3.12 bits per heavy atom. The monoisotopic (exact) mass is 223 g/mol. The van der Waals surface area contributed by atoms with Gasteiger partial charge in [-0.2, -0.15) is 5.10 Å². The van der Waals surface area contributed by atoms with Crippen molar-refractivity contribution in [2.24, 2.45) is 7.05 Å². The second-order valence-corrected chi connectivity index (χ2v) is 4.36. The van der Waals surface area contributed by atoms with Gasteiger partial charge in [0.25, 0.3) is 0 Å². The quantitative estimate of drug-likeness (QED) is 0.825. The van der Waals surface area contributed by atoms with Crippen molar-refractivity contribution >= 4 is 0 Å². The van der Waals surface area contributed by atoms with Gasteiger partial charge in [-0.25, -0.2) is 0 Å². The number of nitrogens with one attached hydrogen (secondary N) is 1. The van der Waals surface area contributed by atoms with Crippen molar-refractivity contribution in [1.82, 2.24) is 15.1 Å². The maximum atomic E-state index is 5.79. The minimum atomic E-state index is 0.287. The van der Waals surface area contributed by atoms with Gasteiger partial charge < -0.3 is 10.1 Å². The van der Waals surface area contributed by atoms with Gasteiger partial charge in [0.1, 0.15) is 0 Å². The van der Waals surface area contributed by atoms with Gasteiger partial charge in [-0.15, -0.1) is 0 Å². The third-order valence-electron chi connectivity index (χ3n) is 3.13. The van der Waals surface area contributed by atoms with Crippen LogP contribution in [0.4, 0.5) is 0 Å². The molecule has 1 aromatic heterocycles. The summed E-state index contributed by atoms with van der Waals surface area (Å²) in [4.78, 5) is 0. The molecule has 2 heterocycles. The predicted molar refractivity (Wildman–Crippen MR) is 63.2 cm³/mol. The average Bonchev–Trinajstić information content (AvgIpc) is 2.91. The zero-order valence-corrected chi connectivity index (χ0v) is 10.1. The van der Waals surface area contributed by atoms with Crippen LogP contribution in [0.3, 0.4) is 0 Å². The molecule has 1 aliphatic heterocycles. The largest absolute Gasteiger partial charge is 0.376 e. The molecule has 16 heavy (non-hydrogen) atoms. The lowest BCUT2D eigenvalue weighted by Gasteiger charge is -2.24. The fourth-order valence-corrected chi connectivity index (χ4v) is 2.28. The lowest BCUT2D eigenvalue weighted by atomic mass is 10.0. The molecule has 0 spiro atoms. The number of ether oxygens (including phenoxy) is 1. The number of nitrogens with zero attached hydrogens (tertiary/aromatic N) is 2. The molecular weight excluding hydrogens is 202 g/mol. The molecule has 0 aromatic carbocycles. The maximum absolute atomic E-state index is 5.79. The van der Waals surface area contributed by atoms with Crippen LogP contribution in [0.15, 0.2) is 12.3 Å². The van der Waals surface area contributed by atoms with Gasteiger partial charge in [-0.1, -0.05) is 6.92 Å². The summed E-state index contributed by atoms with van der Waals surface area (Å²) in [6.07, 6.45) is 5.62. The fraction of sp³-hybridized carbons (Fsp3) is 0.750. The zero-order chi connectivity index (χ0) is 11.4. The summed E-state index contributed by atoms with van der Waals surface area (Å²) >= 11 is 0. The average molecular weight is 223 g/mol. The van der Waals surface area contributed by atoms with Gasteiger partial charge in [0.15, 0.2) is 0 Å². The molecule has 0 amide bonds. The summed E-state index contributed by atoms with van der Waals surface area (Å²) < 4.78 is 7.73. The molecule has 90 valence electrons. The van der Waals surface area contributed by atoms with E-state index in [0.29, 0.717) is 6.10 Å². The van der Waals surface area contributed by atoms with E-state index in [9.17, 15) is 0 Å². The summed E-state index contributed by atoms with van der Waals surface area (Å²) in [5.74, 6) is 0. The normalized spacial score (nSPS) is 22.5. The van der Waals surface area contributed by atoms with Crippen molar-refractivity contribution < 1.29 is 4.74 Å². The Balaban J connectivity index is 2.10. The molecule has 2 unspecified atom stereocenters. The van der Waals surface area contributed by atoms with Gasteiger partial charge in [0, 0.05) is 19.9 Å². The third kappa shape index (κ3) is 2.44. The molecule has 1 aromatic rings. The summed E-state index contributed by atoms with van der Waals surface area (Å²) in [6.45, 7) is 4.10. The number of aromatic nitrogens is 2. The van der Waals surface area contributed by atoms with Crippen molar-refractivity contribution in [3.05, 3.63) is 18.0 Å². The number of hydrogen-bond acceptors (Lipinski definition) is 3. The highest BCUT2D eigenvalue weighted by atomic mass is 16.5. The molecule has 0 aliphatic carbocycles. The minimum absolute atomic E-state index is 0.287. The van der Waals surface area contributed by atoms with Gasteiger partial charge in [-0.05, 0) is 31.9 Å². The highest BCUT2D eigenvalue weighted by Crippen LogP contribution is 2.26. The van der Waals surface area contributed by atoms with E-state index in [-0.39, 0.29) is 6.04 Å². The molecule has 1 fully saturated rings. The SMILES string of the molecule is CCCNC(c1ccnn1C)C1CCCO1. The molecule has 1 N–H and O–H groups in total. The van der Waals surface area contributed by atoms with Crippen LogP contribution in [0.25, 0.3) is 0 Å². The third-order valence-corrected chi connectivity index (χ3v) is 3.13. The Kier molecular flexibility index (Phi) is 3.96. The van der Waals surface area contributed by atoms with E-state index in [4.69, 9.17) is 4.74 Å². The van der Waals surface area contributed by atoms with Crippen LogP contribution in [-0.2, 0) is 11.8 Å². The Morgan fingerprint density at radius 1 is 1.69 bits per heavy atom. The van der Waals surface area contributed by atoms with Crippen molar-refractivity contribution in [3.8, 4) is 0 Å². The first kappa shape index (κ1) is 11.6. The Morgan fingerprint density at radius 2 is 2.56 bits per heavy atom. The molecule has 2 rings (SSSR count). The van der Waals surface area contributed by atoms with E-state index in [0.717, 1.165) is 26.0 Å². The van der Waals surface area contributed by atoms with Gasteiger partial charge in [-0.3, -0.25) is 4.68 Å². The van der Waals surface area contributed by atoms with E-state index in [1.165, 1.54) is 12.1 Å². The van der Waals surface area contributed by atoms with E-state index < -0.39 is 0 Å². The van der Waals surface area contributed by atoms with Gasteiger partial charge in [0.2, 0.25) is 0 Å². The molecule has 0 radical (unpaired) electrons. The van der Waals surface area contributed by atoms with E-state index in [2.05, 4.69) is 23.4 Å². The van der Waals surface area contributed by atoms with Crippen molar-refractivity contribution in [1.29, 1.82) is 0 Å². The summed E-state index contributed by atoms with van der Waals surface area (Å²) in [7, 11) is 1.99. The second-order valence-electron chi connectivity index (χ2n) is 4.36. The van der Waals surface area contributed by atoms with E-state index in [1.807, 2.05) is 17.9 Å². The van der Waals surface area contributed by atoms with Crippen molar-refractivity contribution in [2.45, 2.75) is 38.3 Å². The smallest absolute Gasteiger partial charge is 0.0785 e. The van der Waals surface area contributed by atoms with Crippen LogP contribution in [0.2, 0.25) is 0 Å². The highest BCUT2D eigenvalue weighted by molar-refractivity contribution is 5.09. The van der Waals surface area contributed by atoms with Crippen LogP contribution in [0.1, 0.15) is 37.9 Å². The molecule has 4 heteroatoms. The molecular formula is C12H21N3O. The molecule has 1 aliphatic rings. The standard InChI is InChI=1S/C12H21N3O/c1-3-7-13-12(11-5-4-9-16-11)10-6-8-14-15(10)2/h6,8,11-13H,3-5,7,9H2,1-2H3. The Hall–Kier alpha value is -0.870. The van der Waals surface area contributed by atoms with Gasteiger partial charge >= 0.3 is 0 Å². The summed E-state index contributed by atoms with van der Waals surface area (Å²) in [6, 6.07) is 2.37. The van der Waals surface area contributed by atoms with Crippen LogP contribution in [0.5, 0.6) is 0 Å². The first-order valence-electron chi connectivity index (χ1n) is 6.15. The highest BCUT2D eigenvalue weighted by Gasteiger charge is 2.28. The number of hydrogen-bond donors (Lipinski definition) is 1. The lowest BCUT2D eigenvalue weighted by Crippen LogP contribution is -2.33. The van der Waals surface area contributed by atoms with Crippen molar-refractivity contribution in [3.63, 3.8) is 0 Å². The van der Waals surface area contributed by atoms with Gasteiger partial charge in [0.05, 0.1) is 17.8 Å². The van der Waals surface area contributed by atoms with E-state index >= 15 is 0 Å². The summed E-state index contributed by atoms with van der Waals surface area (Å²) in [5, 5.41) is 7.81. The number of rotatable bonds is 5. The Labute approximate surface area is 97.0 Å². The van der Waals surface area contributed by atoms with Crippen LogP contribution in [0, 0.1) is 0 Å². The minimum Gasteiger partial charge on any atom is -0.376 e. The second kappa shape index (κ2) is 5.46. The topological polar surface area (TPSA) is 39.1 Å². The van der Waals surface area contributed by atoms with Crippen LogP contribution < -0.4 is 5.32 Å². The summed E-state index contributed by atoms with van der Waals surface area (Å²) in [5.41, 5.74) is 1.22. The lowest BCUT2D eigenvalue weighted by molar-refractivity contribution is 0.0758. The molecule has 4 nitrogen and oxygen atoms in total. The van der Waals surface area contributed by atoms with Crippen LogP contribution in [-0.4, -0.2) is 29.0 Å². The Bertz CT molecular complexity index is 318. The molecule has 0 bridgehead atoms. The van der Waals surface area contributed by atoms with E-state index in [1.54, 1.807) is 0 Å². The molecule has 0 saturated carbocycles. The van der Waals surface area contributed by atoms with Crippen LogP contribution >= 0.6 is 0 Å². The maximum Gasteiger partial charge on any atom is 0.0785 e.